The van der Waals surface area contributed by atoms with Crippen molar-refractivity contribution >= 4 is 11.6 Å². The van der Waals surface area contributed by atoms with Crippen LogP contribution >= 0.6 is 11.6 Å². The summed E-state index contributed by atoms with van der Waals surface area (Å²) in [4.78, 5) is 0. The predicted molar refractivity (Wildman–Crippen MR) is 55.4 cm³/mol. The second-order valence-electron chi connectivity index (χ2n) is 2.88. The van der Waals surface area contributed by atoms with Gasteiger partial charge >= 0.3 is 0 Å². The minimum atomic E-state index is -0.422. The van der Waals surface area contributed by atoms with Gasteiger partial charge in [-0.15, -0.1) is 0 Å². The van der Waals surface area contributed by atoms with Crippen LogP contribution in [0, 0.1) is 5.82 Å². The largest absolute Gasteiger partial charge is 0.493 e. The Kier molecular flexibility index (Phi) is 4.70. The molecule has 4 heteroatoms. The monoisotopic (exact) mass is 217 g/mol. The van der Waals surface area contributed by atoms with E-state index in [1.165, 1.54) is 12.1 Å². The van der Waals surface area contributed by atoms with E-state index in [2.05, 4.69) is 5.32 Å². The second kappa shape index (κ2) is 5.83. The third-order valence-corrected chi connectivity index (χ3v) is 2.02. The van der Waals surface area contributed by atoms with Crippen LogP contribution in [0.4, 0.5) is 4.39 Å². The highest BCUT2D eigenvalue weighted by atomic mass is 35.5. The Labute approximate surface area is 88.0 Å². The van der Waals surface area contributed by atoms with E-state index in [1.807, 2.05) is 7.05 Å². The van der Waals surface area contributed by atoms with Gasteiger partial charge in [-0.25, -0.2) is 4.39 Å². The lowest BCUT2D eigenvalue weighted by atomic mass is 10.3. The lowest BCUT2D eigenvalue weighted by Crippen LogP contribution is -2.11. The molecule has 78 valence electrons. The highest BCUT2D eigenvalue weighted by molar-refractivity contribution is 6.30. The molecule has 0 atom stereocenters. The molecule has 0 aliphatic heterocycles. The quantitative estimate of drug-likeness (QED) is 0.766. The first-order chi connectivity index (χ1) is 6.74. The molecule has 0 saturated carbocycles. The van der Waals surface area contributed by atoms with Gasteiger partial charge in [-0.05, 0) is 32.1 Å². The van der Waals surface area contributed by atoms with E-state index in [9.17, 15) is 4.39 Å². The molecule has 1 aromatic carbocycles. The van der Waals surface area contributed by atoms with Crippen LogP contribution in [0.2, 0.25) is 5.02 Å². The van der Waals surface area contributed by atoms with Gasteiger partial charge in [-0.1, -0.05) is 11.6 Å². The number of hydrogen-bond acceptors (Lipinski definition) is 2. The molecular formula is C10H13ClFNO. The average molecular weight is 218 g/mol. The van der Waals surface area contributed by atoms with Crippen LogP contribution in [0.25, 0.3) is 0 Å². The summed E-state index contributed by atoms with van der Waals surface area (Å²) in [7, 11) is 1.88. The van der Waals surface area contributed by atoms with Crippen LogP contribution < -0.4 is 10.1 Å². The molecular weight excluding hydrogens is 205 g/mol. The molecule has 0 heterocycles. The smallest absolute Gasteiger partial charge is 0.142 e. The minimum absolute atomic E-state index is 0.0936. The van der Waals surface area contributed by atoms with Gasteiger partial charge in [-0.3, -0.25) is 0 Å². The van der Waals surface area contributed by atoms with E-state index in [-0.39, 0.29) is 5.02 Å². The van der Waals surface area contributed by atoms with Crippen molar-refractivity contribution < 1.29 is 9.13 Å². The summed E-state index contributed by atoms with van der Waals surface area (Å²) in [6, 6.07) is 4.35. The van der Waals surface area contributed by atoms with Gasteiger partial charge in [0, 0.05) is 6.07 Å². The van der Waals surface area contributed by atoms with Crippen LogP contribution in [0.5, 0.6) is 5.75 Å². The van der Waals surface area contributed by atoms with Gasteiger partial charge in [0.1, 0.15) is 11.6 Å². The fraction of sp³-hybridized carbons (Fsp3) is 0.400. The third-order valence-electron chi connectivity index (χ3n) is 1.73. The van der Waals surface area contributed by atoms with Crippen molar-refractivity contribution in [2.75, 3.05) is 20.2 Å². The molecule has 0 unspecified atom stereocenters. The van der Waals surface area contributed by atoms with E-state index in [1.54, 1.807) is 6.07 Å². The maximum atomic E-state index is 12.7. The van der Waals surface area contributed by atoms with Crippen molar-refractivity contribution in [3.63, 3.8) is 0 Å². The van der Waals surface area contributed by atoms with Crippen molar-refractivity contribution in [2.24, 2.45) is 0 Å². The average Bonchev–Trinajstić information content (AvgIpc) is 2.18. The van der Waals surface area contributed by atoms with Gasteiger partial charge < -0.3 is 10.1 Å². The molecule has 0 aliphatic rings. The number of rotatable bonds is 5. The lowest BCUT2D eigenvalue weighted by Gasteiger charge is -2.06. The molecule has 0 bridgehead atoms. The number of benzene rings is 1. The number of hydrogen-bond donors (Lipinski definition) is 1. The maximum Gasteiger partial charge on any atom is 0.142 e. The minimum Gasteiger partial charge on any atom is -0.493 e. The number of ether oxygens (including phenoxy) is 1. The molecule has 0 aliphatic carbocycles. The van der Waals surface area contributed by atoms with E-state index < -0.39 is 5.82 Å². The summed E-state index contributed by atoms with van der Waals surface area (Å²) in [5, 5.41) is 3.10. The normalized spacial score (nSPS) is 10.2. The van der Waals surface area contributed by atoms with Crippen molar-refractivity contribution in [3.05, 3.63) is 29.0 Å². The third kappa shape index (κ3) is 3.52. The molecule has 1 N–H and O–H groups in total. The molecule has 0 aromatic heterocycles. The summed E-state index contributed by atoms with van der Waals surface area (Å²) < 4.78 is 18.1. The summed E-state index contributed by atoms with van der Waals surface area (Å²) in [5.41, 5.74) is 0. The van der Waals surface area contributed by atoms with Crippen molar-refractivity contribution in [1.29, 1.82) is 0 Å². The van der Waals surface area contributed by atoms with E-state index in [0.29, 0.717) is 12.4 Å². The van der Waals surface area contributed by atoms with Gasteiger partial charge in [0.05, 0.1) is 11.6 Å². The summed E-state index contributed by atoms with van der Waals surface area (Å²) in [5.74, 6) is 0.182. The van der Waals surface area contributed by atoms with Crippen LogP contribution in [-0.4, -0.2) is 20.2 Å². The first-order valence-corrected chi connectivity index (χ1v) is 4.84. The standard InChI is InChI=1S/C10H13ClFNO/c1-13-5-2-6-14-8-3-4-10(12)9(11)7-8/h3-4,7,13H,2,5-6H2,1H3. The first-order valence-electron chi connectivity index (χ1n) is 4.46. The lowest BCUT2D eigenvalue weighted by molar-refractivity contribution is 0.309. The van der Waals surface area contributed by atoms with Crippen LogP contribution in [-0.2, 0) is 0 Å². The summed E-state index contributed by atoms with van der Waals surface area (Å²) in [6.07, 6.45) is 0.908. The Morgan fingerprint density at radius 3 is 2.93 bits per heavy atom. The van der Waals surface area contributed by atoms with Crippen LogP contribution in [0.3, 0.4) is 0 Å². The molecule has 0 radical (unpaired) electrons. The van der Waals surface area contributed by atoms with Crippen molar-refractivity contribution in [1.82, 2.24) is 5.32 Å². The highest BCUT2D eigenvalue weighted by Gasteiger charge is 2.00. The number of nitrogens with one attached hydrogen (secondary N) is 1. The van der Waals surface area contributed by atoms with Gasteiger partial charge in [0.25, 0.3) is 0 Å². The fourth-order valence-electron chi connectivity index (χ4n) is 1.01. The Hall–Kier alpha value is -0.800. The maximum absolute atomic E-state index is 12.7. The fourth-order valence-corrected chi connectivity index (χ4v) is 1.18. The molecule has 1 aromatic rings. The zero-order chi connectivity index (χ0) is 10.4. The molecule has 0 fully saturated rings. The topological polar surface area (TPSA) is 21.3 Å². The molecule has 0 saturated heterocycles. The zero-order valence-electron chi connectivity index (χ0n) is 8.02. The molecule has 1 rings (SSSR count). The van der Waals surface area contributed by atoms with Crippen LogP contribution in [0.15, 0.2) is 18.2 Å². The first kappa shape index (κ1) is 11.3. The number of halogens is 2. The Morgan fingerprint density at radius 2 is 2.29 bits per heavy atom. The molecule has 0 amide bonds. The predicted octanol–water partition coefficient (Wildman–Crippen LogP) is 2.47. The van der Waals surface area contributed by atoms with Gasteiger partial charge in [0.2, 0.25) is 0 Å². The van der Waals surface area contributed by atoms with E-state index in [4.69, 9.17) is 16.3 Å². The Bertz CT molecular complexity index is 293. The summed E-state index contributed by atoms with van der Waals surface area (Å²) in [6.45, 7) is 1.50. The second-order valence-corrected chi connectivity index (χ2v) is 3.29. The van der Waals surface area contributed by atoms with Crippen molar-refractivity contribution in [2.45, 2.75) is 6.42 Å². The van der Waals surface area contributed by atoms with Gasteiger partial charge in [0.15, 0.2) is 0 Å². The highest BCUT2D eigenvalue weighted by Crippen LogP contribution is 2.20. The SMILES string of the molecule is CNCCCOc1ccc(F)c(Cl)c1. The molecule has 0 spiro atoms. The zero-order valence-corrected chi connectivity index (χ0v) is 8.77. The van der Waals surface area contributed by atoms with Gasteiger partial charge in [-0.2, -0.15) is 0 Å². The van der Waals surface area contributed by atoms with Crippen molar-refractivity contribution in [3.8, 4) is 5.75 Å². The molecule has 14 heavy (non-hydrogen) atoms. The van der Waals surface area contributed by atoms with E-state index in [0.717, 1.165) is 13.0 Å². The summed E-state index contributed by atoms with van der Waals surface area (Å²) >= 11 is 5.59. The Morgan fingerprint density at radius 1 is 1.50 bits per heavy atom. The van der Waals surface area contributed by atoms with E-state index >= 15 is 0 Å². The van der Waals surface area contributed by atoms with Crippen LogP contribution in [0.1, 0.15) is 6.42 Å². The molecule has 2 nitrogen and oxygen atoms in total. The Balaban J connectivity index is 2.39.